The highest BCUT2D eigenvalue weighted by Crippen LogP contribution is 2.19. The molecular weight excluding hydrogens is 408 g/mol. The van der Waals surface area contributed by atoms with Crippen LogP contribution in [0.5, 0.6) is 0 Å². The molecule has 0 aromatic rings. The SMILES string of the molecule is CCCCCCCCC(CCCCCC)COC(=O)CCCCCNCCCN(CC)CC. The van der Waals surface area contributed by atoms with E-state index in [9.17, 15) is 4.79 Å². The summed E-state index contributed by atoms with van der Waals surface area (Å²) in [6.45, 7) is 15.3. The molecule has 1 atom stereocenters. The molecule has 0 heterocycles. The van der Waals surface area contributed by atoms with E-state index in [4.69, 9.17) is 4.74 Å². The maximum absolute atomic E-state index is 12.2. The topological polar surface area (TPSA) is 41.6 Å². The number of nitrogens with zero attached hydrogens (tertiary/aromatic N) is 1. The number of unbranched alkanes of at least 4 members (excludes halogenated alkanes) is 10. The van der Waals surface area contributed by atoms with E-state index in [0.717, 1.165) is 45.4 Å². The van der Waals surface area contributed by atoms with E-state index in [1.54, 1.807) is 0 Å². The highest BCUT2D eigenvalue weighted by molar-refractivity contribution is 5.69. The second-order valence-corrected chi connectivity index (χ2v) is 9.90. The summed E-state index contributed by atoms with van der Waals surface area (Å²) in [5.41, 5.74) is 0. The van der Waals surface area contributed by atoms with Gasteiger partial charge in [-0.1, -0.05) is 98.3 Å². The molecule has 0 saturated carbocycles. The first kappa shape index (κ1) is 32.4. The van der Waals surface area contributed by atoms with E-state index in [1.807, 2.05) is 0 Å². The Hall–Kier alpha value is -0.610. The standard InChI is InChI=1S/C29H60N2O2/c1-5-9-11-13-14-17-22-28(21-16-12-10-6-2)27-33-29(32)23-18-15-19-24-30-25-20-26-31(7-3)8-4/h28,30H,5-27H2,1-4H3. The Kier molecular flexibility index (Phi) is 25.5. The molecule has 0 aliphatic carbocycles. The van der Waals surface area contributed by atoms with Crippen LogP contribution >= 0.6 is 0 Å². The summed E-state index contributed by atoms with van der Waals surface area (Å²) < 4.78 is 5.70. The summed E-state index contributed by atoms with van der Waals surface area (Å²) in [6.07, 6.45) is 20.7. The second-order valence-electron chi connectivity index (χ2n) is 9.90. The van der Waals surface area contributed by atoms with Crippen LogP contribution in [-0.4, -0.2) is 50.2 Å². The number of nitrogens with one attached hydrogen (secondary N) is 1. The number of rotatable bonds is 26. The van der Waals surface area contributed by atoms with E-state index < -0.39 is 0 Å². The average molecular weight is 469 g/mol. The third-order valence-electron chi connectivity index (χ3n) is 6.87. The minimum atomic E-state index is 0.0173. The molecule has 1 N–H and O–H groups in total. The van der Waals surface area contributed by atoms with Crippen LogP contribution in [0.1, 0.15) is 137 Å². The van der Waals surface area contributed by atoms with E-state index in [2.05, 4.69) is 37.9 Å². The molecule has 0 aliphatic rings. The normalized spacial score (nSPS) is 12.4. The van der Waals surface area contributed by atoms with Crippen LogP contribution in [0.15, 0.2) is 0 Å². The maximum Gasteiger partial charge on any atom is 0.305 e. The molecule has 0 aliphatic heterocycles. The van der Waals surface area contributed by atoms with Crippen molar-refractivity contribution in [2.24, 2.45) is 5.92 Å². The average Bonchev–Trinajstić information content (AvgIpc) is 2.83. The summed E-state index contributed by atoms with van der Waals surface area (Å²) in [5.74, 6) is 0.584. The fraction of sp³-hybridized carbons (Fsp3) is 0.966. The summed E-state index contributed by atoms with van der Waals surface area (Å²) in [7, 11) is 0. The largest absolute Gasteiger partial charge is 0.465 e. The molecule has 198 valence electrons. The zero-order valence-corrected chi connectivity index (χ0v) is 23.1. The number of carbonyl (C=O) groups excluding carboxylic acids is 1. The van der Waals surface area contributed by atoms with E-state index in [0.29, 0.717) is 18.9 Å². The minimum absolute atomic E-state index is 0.0173. The molecule has 1 unspecified atom stereocenters. The van der Waals surface area contributed by atoms with Crippen molar-refractivity contribution in [2.45, 2.75) is 137 Å². The van der Waals surface area contributed by atoms with Crippen LogP contribution in [0.2, 0.25) is 0 Å². The van der Waals surface area contributed by atoms with Crippen molar-refractivity contribution >= 4 is 5.97 Å². The van der Waals surface area contributed by atoms with Crippen LogP contribution in [0.4, 0.5) is 0 Å². The van der Waals surface area contributed by atoms with Gasteiger partial charge < -0.3 is 15.0 Å². The lowest BCUT2D eigenvalue weighted by atomic mass is 9.95. The molecule has 0 bridgehead atoms. The third-order valence-corrected chi connectivity index (χ3v) is 6.87. The molecular formula is C29H60N2O2. The Bertz CT molecular complexity index is 399. The van der Waals surface area contributed by atoms with Crippen LogP contribution in [0.25, 0.3) is 0 Å². The van der Waals surface area contributed by atoms with Gasteiger partial charge in [0.1, 0.15) is 0 Å². The highest BCUT2D eigenvalue weighted by atomic mass is 16.5. The number of hydrogen-bond acceptors (Lipinski definition) is 4. The maximum atomic E-state index is 12.2. The van der Waals surface area contributed by atoms with Gasteiger partial charge in [-0.3, -0.25) is 4.79 Å². The first-order chi connectivity index (χ1) is 16.2. The van der Waals surface area contributed by atoms with Crippen molar-refractivity contribution < 1.29 is 9.53 Å². The predicted octanol–water partition coefficient (Wildman–Crippen LogP) is 7.75. The van der Waals surface area contributed by atoms with Gasteiger partial charge in [0.05, 0.1) is 6.61 Å². The van der Waals surface area contributed by atoms with Gasteiger partial charge in [0.2, 0.25) is 0 Å². The quantitative estimate of drug-likeness (QED) is 0.104. The van der Waals surface area contributed by atoms with E-state index in [1.165, 1.54) is 90.0 Å². The molecule has 4 nitrogen and oxygen atoms in total. The lowest BCUT2D eigenvalue weighted by molar-refractivity contribution is -0.145. The Balaban J connectivity index is 3.82. The molecule has 0 fully saturated rings. The van der Waals surface area contributed by atoms with Crippen molar-refractivity contribution in [3.63, 3.8) is 0 Å². The van der Waals surface area contributed by atoms with Crippen LogP contribution in [0.3, 0.4) is 0 Å². The number of hydrogen-bond donors (Lipinski definition) is 1. The Labute approximate surface area is 208 Å². The summed E-state index contributed by atoms with van der Waals surface area (Å²) >= 11 is 0. The molecule has 0 saturated heterocycles. The van der Waals surface area contributed by atoms with Crippen molar-refractivity contribution in [3.05, 3.63) is 0 Å². The van der Waals surface area contributed by atoms with Gasteiger partial charge in [-0.15, -0.1) is 0 Å². The Morgan fingerprint density at radius 3 is 1.88 bits per heavy atom. The fourth-order valence-electron chi connectivity index (χ4n) is 4.46. The van der Waals surface area contributed by atoms with Gasteiger partial charge in [-0.2, -0.15) is 0 Å². The second kappa shape index (κ2) is 26.0. The lowest BCUT2D eigenvalue weighted by Crippen LogP contribution is -2.27. The first-order valence-corrected chi connectivity index (χ1v) is 14.8. The molecule has 4 heteroatoms. The monoisotopic (exact) mass is 468 g/mol. The molecule has 0 spiro atoms. The van der Waals surface area contributed by atoms with Gasteiger partial charge in [-0.25, -0.2) is 0 Å². The smallest absolute Gasteiger partial charge is 0.305 e. The first-order valence-electron chi connectivity index (χ1n) is 14.8. The summed E-state index contributed by atoms with van der Waals surface area (Å²) in [4.78, 5) is 14.7. The number of ether oxygens (including phenoxy) is 1. The molecule has 0 aromatic carbocycles. The summed E-state index contributed by atoms with van der Waals surface area (Å²) in [6, 6.07) is 0. The van der Waals surface area contributed by atoms with Gasteiger partial charge >= 0.3 is 5.97 Å². The molecule has 0 aromatic heterocycles. The van der Waals surface area contributed by atoms with Crippen molar-refractivity contribution in [1.82, 2.24) is 10.2 Å². The minimum Gasteiger partial charge on any atom is -0.465 e. The molecule has 0 rings (SSSR count). The van der Waals surface area contributed by atoms with E-state index >= 15 is 0 Å². The zero-order chi connectivity index (χ0) is 24.4. The van der Waals surface area contributed by atoms with Crippen LogP contribution in [-0.2, 0) is 9.53 Å². The fourth-order valence-corrected chi connectivity index (χ4v) is 4.46. The van der Waals surface area contributed by atoms with Gasteiger partial charge in [0.15, 0.2) is 0 Å². The van der Waals surface area contributed by atoms with Gasteiger partial charge in [0.25, 0.3) is 0 Å². The Morgan fingerprint density at radius 1 is 0.697 bits per heavy atom. The van der Waals surface area contributed by atoms with Crippen molar-refractivity contribution in [2.75, 3.05) is 39.3 Å². The van der Waals surface area contributed by atoms with Gasteiger partial charge in [0, 0.05) is 6.42 Å². The molecule has 0 amide bonds. The lowest BCUT2D eigenvalue weighted by Gasteiger charge is -2.17. The third kappa shape index (κ3) is 22.9. The highest BCUT2D eigenvalue weighted by Gasteiger charge is 2.12. The molecule has 0 radical (unpaired) electrons. The zero-order valence-electron chi connectivity index (χ0n) is 23.1. The number of esters is 1. The van der Waals surface area contributed by atoms with Crippen molar-refractivity contribution in [1.29, 1.82) is 0 Å². The van der Waals surface area contributed by atoms with Crippen LogP contribution in [0, 0.1) is 5.92 Å². The predicted molar refractivity (Wildman–Crippen MR) is 145 cm³/mol. The number of carbonyl (C=O) groups is 1. The van der Waals surface area contributed by atoms with Gasteiger partial charge in [-0.05, 0) is 70.7 Å². The summed E-state index contributed by atoms with van der Waals surface area (Å²) in [5, 5.41) is 3.54. The Morgan fingerprint density at radius 2 is 1.24 bits per heavy atom. The van der Waals surface area contributed by atoms with Crippen LogP contribution < -0.4 is 5.32 Å². The van der Waals surface area contributed by atoms with Crippen molar-refractivity contribution in [3.8, 4) is 0 Å². The molecule has 33 heavy (non-hydrogen) atoms. The van der Waals surface area contributed by atoms with E-state index in [-0.39, 0.29) is 5.97 Å².